The van der Waals surface area contributed by atoms with Crippen LogP contribution in [0.4, 0.5) is 16.2 Å². The molecular formula is C28H28N6O3. The number of fused-ring (bicyclic) bond motifs is 1. The lowest BCUT2D eigenvalue weighted by Crippen LogP contribution is -2.54. The lowest BCUT2D eigenvalue weighted by molar-refractivity contribution is 0.136. The van der Waals surface area contributed by atoms with Crippen molar-refractivity contribution in [3.63, 3.8) is 0 Å². The Kier molecular flexibility index (Phi) is 7.08. The largest absolute Gasteiger partial charge is 0.486 e. The van der Waals surface area contributed by atoms with Crippen LogP contribution in [0.1, 0.15) is 17.2 Å². The Labute approximate surface area is 215 Å². The Bertz CT molecular complexity index is 1340. The van der Waals surface area contributed by atoms with Crippen molar-refractivity contribution >= 4 is 23.4 Å². The first kappa shape index (κ1) is 24.0. The minimum Gasteiger partial charge on any atom is -0.486 e. The predicted octanol–water partition coefficient (Wildman–Crippen LogP) is 4.61. The van der Waals surface area contributed by atoms with Crippen molar-refractivity contribution in [3.05, 3.63) is 83.9 Å². The number of urea groups is 1. The van der Waals surface area contributed by atoms with E-state index >= 15 is 0 Å². The first-order chi connectivity index (χ1) is 18.1. The third-order valence-corrected chi connectivity index (χ3v) is 6.47. The number of ether oxygens (including phenoxy) is 2. The van der Waals surface area contributed by atoms with Gasteiger partial charge in [0, 0.05) is 37.1 Å². The van der Waals surface area contributed by atoms with Gasteiger partial charge in [-0.1, -0.05) is 48.5 Å². The van der Waals surface area contributed by atoms with Crippen LogP contribution >= 0.6 is 0 Å². The van der Waals surface area contributed by atoms with Gasteiger partial charge in [0.2, 0.25) is 12.2 Å². The summed E-state index contributed by atoms with van der Waals surface area (Å²) in [7, 11) is 0. The van der Waals surface area contributed by atoms with E-state index in [-0.39, 0.29) is 12.1 Å². The number of benzene rings is 3. The maximum absolute atomic E-state index is 13.5. The standard InChI is InChI=1S/C28H28N6O3/c1-20-7-5-6-10-23(20)32-27(30-19-29)33-13-14-34(24(18-33)21-8-3-2-4-9-21)28(35)31-22-11-12-25-26(17-22)37-16-15-36-25/h2-12,17,24H,13-16,18H2,1H3,(H,30,32)(H,31,35). The molecule has 2 aliphatic rings. The highest BCUT2D eigenvalue weighted by molar-refractivity contribution is 5.95. The van der Waals surface area contributed by atoms with Gasteiger partial charge < -0.3 is 29.9 Å². The van der Waals surface area contributed by atoms with Crippen molar-refractivity contribution in [1.29, 1.82) is 5.26 Å². The number of carbonyl (C=O) groups excluding carboxylic acids is 1. The van der Waals surface area contributed by atoms with Gasteiger partial charge in [0.05, 0.1) is 6.04 Å². The smallest absolute Gasteiger partial charge is 0.322 e. The van der Waals surface area contributed by atoms with Gasteiger partial charge in [0.1, 0.15) is 13.2 Å². The van der Waals surface area contributed by atoms with E-state index in [0.29, 0.717) is 56.0 Å². The van der Waals surface area contributed by atoms with Gasteiger partial charge >= 0.3 is 6.03 Å². The summed E-state index contributed by atoms with van der Waals surface area (Å²) in [5, 5.41) is 15.7. The van der Waals surface area contributed by atoms with E-state index in [1.54, 1.807) is 12.1 Å². The molecule has 0 aromatic heterocycles. The molecule has 2 N–H and O–H groups in total. The topological polar surface area (TPSA) is 102 Å². The van der Waals surface area contributed by atoms with E-state index in [2.05, 4.69) is 15.6 Å². The maximum atomic E-state index is 13.5. The quantitative estimate of drug-likeness (QED) is 0.312. The van der Waals surface area contributed by atoms with Gasteiger partial charge in [-0.25, -0.2) is 4.79 Å². The molecule has 1 atom stereocenters. The van der Waals surface area contributed by atoms with Gasteiger partial charge in [-0.2, -0.15) is 5.26 Å². The second-order valence-corrected chi connectivity index (χ2v) is 8.83. The zero-order valence-electron chi connectivity index (χ0n) is 20.6. The van der Waals surface area contributed by atoms with Crippen molar-refractivity contribution in [1.82, 2.24) is 9.80 Å². The number of hydrogen-bond donors (Lipinski definition) is 2. The molecule has 0 aliphatic carbocycles. The van der Waals surface area contributed by atoms with Gasteiger partial charge in [-0.15, -0.1) is 4.99 Å². The van der Waals surface area contributed by atoms with E-state index < -0.39 is 0 Å². The molecule has 0 bridgehead atoms. The summed E-state index contributed by atoms with van der Waals surface area (Å²) in [6, 6.07) is 22.7. The SMILES string of the molecule is Cc1ccccc1N/C(=N/C#N)N1CCN(C(=O)Nc2ccc3c(c2)OCCO3)C(c2ccccc2)C1. The summed E-state index contributed by atoms with van der Waals surface area (Å²) >= 11 is 0. The highest BCUT2D eigenvalue weighted by Crippen LogP contribution is 2.33. The van der Waals surface area contributed by atoms with Crippen molar-refractivity contribution < 1.29 is 14.3 Å². The fourth-order valence-corrected chi connectivity index (χ4v) is 4.55. The number of anilines is 2. The number of carbonyl (C=O) groups is 1. The molecule has 2 heterocycles. The summed E-state index contributed by atoms with van der Waals surface area (Å²) in [4.78, 5) is 21.4. The molecule has 37 heavy (non-hydrogen) atoms. The Morgan fingerprint density at radius 2 is 1.73 bits per heavy atom. The molecule has 9 heteroatoms. The molecule has 2 amide bonds. The first-order valence-electron chi connectivity index (χ1n) is 12.2. The Hall–Kier alpha value is -4.71. The molecule has 9 nitrogen and oxygen atoms in total. The van der Waals surface area contributed by atoms with Crippen LogP contribution in [0.25, 0.3) is 0 Å². The van der Waals surface area contributed by atoms with Crippen molar-refractivity contribution in [2.75, 3.05) is 43.5 Å². The second kappa shape index (κ2) is 10.9. The lowest BCUT2D eigenvalue weighted by Gasteiger charge is -2.42. The van der Waals surface area contributed by atoms with Crippen LogP contribution < -0.4 is 20.1 Å². The Balaban J connectivity index is 1.37. The molecule has 1 unspecified atom stereocenters. The summed E-state index contributed by atoms with van der Waals surface area (Å²) in [6.45, 7) is 4.41. The number of para-hydroxylation sites is 1. The number of nitrogens with one attached hydrogen (secondary N) is 2. The first-order valence-corrected chi connectivity index (χ1v) is 12.2. The van der Waals surface area contributed by atoms with Gasteiger partial charge in [0.15, 0.2) is 11.5 Å². The molecule has 3 aromatic carbocycles. The number of piperazine rings is 1. The average molecular weight is 497 g/mol. The fraction of sp³-hybridized carbons (Fsp3) is 0.250. The van der Waals surface area contributed by atoms with Gasteiger partial charge in [-0.3, -0.25) is 0 Å². The number of nitriles is 1. The van der Waals surface area contributed by atoms with Crippen LogP contribution in [-0.4, -0.2) is 54.6 Å². The molecule has 3 aromatic rings. The van der Waals surface area contributed by atoms with Gasteiger partial charge in [0.25, 0.3) is 0 Å². The van der Waals surface area contributed by atoms with E-state index in [4.69, 9.17) is 9.47 Å². The van der Waals surface area contributed by atoms with E-state index in [1.807, 2.05) is 83.6 Å². The number of guanidine groups is 1. The number of nitrogens with zero attached hydrogens (tertiary/aromatic N) is 4. The highest BCUT2D eigenvalue weighted by Gasteiger charge is 2.33. The predicted molar refractivity (Wildman–Crippen MR) is 142 cm³/mol. The molecule has 0 spiro atoms. The third-order valence-electron chi connectivity index (χ3n) is 6.47. The van der Waals surface area contributed by atoms with Crippen LogP contribution in [0.2, 0.25) is 0 Å². The van der Waals surface area contributed by atoms with E-state index in [1.165, 1.54) is 0 Å². The zero-order chi connectivity index (χ0) is 25.6. The number of aliphatic imine (C=N–C) groups is 1. The van der Waals surface area contributed by atoms with Crippen LogP contribution in [0, 0.1) is 18.4 Å². The maximum Gasteiger partial charge on any atom is 0.322 e. The monoisotopic (exact) mass is 496 g/mol. The number of rotatable bonds is 3. The van der Waals surface area contributed by atoms with Crippen LogP contribution in [0.3, 0.4) is 0 Å². The summed E-state index contributed by atoms with van der Waals surface area (Å²) in [5.74, 6) is 1.75. The van der Waals surface area contributed by atoms with E-state index in [0.717, 1.165) is 16.8 Å². The van der Waals surface area contributed by atoms with Crippen LogP contribution in [0.15, 0.2) is 77.8 Å². The summed E-state index contributed by atoms with van der Waals surface area (Å²) in [6.07, 6.45) is 1.92. The summed E-state index contributed by atoms with van der Waals surface area (Å²) in [5.41, 5.74) is 3.56. The molecule has 1 fully saturated rings. The van der Waals surface area contributed by atoms with Crippen LogP contribution in [0.5, 0.6) is 11.5 Å². The van der Waals surface area contributed by atoms with Crippen molar-refractivity contribution in [2.45, 2.75) is 13.0 Å². The second-order valence-electron chi connectivity index (χ2n) is 8.83. The Morgan fingerprint density at radius 1 is 0.973 bits per heavy atom. The molecule has 0 radical (unpaired) electrons. The minimum absolute atomic E-state index is 0.212. The third kappa shape index (κ3) is 5.43. The molecule has 0 saturated carbocycles. The normalized spacial score (nSPS) is 17.1. The molecular weight excluding hydrogens is 468 g/mol. The van der Waals surface area contributed by atoms with Gasteiger partial charge in [-0.05, 0) is 36.2 Å². The highest BCUT2D eigenvalue weighted by atomic mass is 16.6. The van der Waals surface area contributed by atoms with Crippen molar-refractivity contribution in [3.8, 4) is 17.7 Å². The molecule has 5 rings (SSSR count). The number of hydrogen-bond acceptors (Lipinski definition) is 5. The minimum atomic E-state index is -0.255. The van der Waals surface area contributed by atoms with Crippen LogP contribution in [-0.2, 0) is 0 Å². The van der Waals surface area contributed by atoms with E-state index in [9.17, 15) is 10.1 Å². The summed E-state index contributed by atoms with van der Waals surface area (Å²) < 4.78 is 11.2. The number of aryl methyl sites for hydroxylation is 1. The molecule has 1 saturated heterocycles. The molecule has 188 valence electrons. The number of amides is 2. The average Bonchev–Trinajstić information content (AvgIpc) is 2.94. The Morgan fingerprint density at radius 3 is 2.51 bits per heavy atom. The zero-order valence-corrected chi connectivity index (χ0v) is 20.6. The van der Waals surface area contributed by atoms with Crippen molar-refractivity contribution in [2.24, 2.45) is 4.99 Å². The fourth-order valence-electron chi connectivity index (χ4n) is 4.55. The molecule has 2 aliphatic heterocycles. The lowest BCUT2D eigenvalue weighted by atomic mass is 10.0.